The van der Waals surface area contributed by atoms with Gasteiger partial charge in [0.2, 0.25) is 4.47 Å². The van der Waals surface area contributed by atoms with Gasteiger partial charge in [-0.15, -0.1) is 0 Å². The molecule has 1 aromatic heterocycles. The predicted octanol–water partition coefficient (Wildman–Crippen LogP) is 2.18. The first kappa shape index (κ1) is 7.31. The molecule has 0 aliphatic heterocycles. The number of hydrogen-bond acceptors (Lipinski definition) is 4. The van der Waals surface area contributed by atoms with Crippen molar-refractivity contribution >= 4 is 35.8 Å². The molecule has 0 bridgehead atoms. The van der Waals surface area contributed by atoms with Crippen LogP contribution in [0.1, 0.15) is 18.0 Å². The SMILES string of the molecule is CC(S)c1nsc(Cl)n1. The summed E-state index contributed by atoms with van der Waals surface area (Å²) in [7, 11) is 0. The third-order valence-corrected chi connectivity index (χ3v) is 1.83. The molecule has 1 heterocycles. The van der Waals surface area contributed by atoms with Crippen LogP contribution >= 0.6 is 35.8 Å². The summed E-state index contributed by atoms with van der Waals surface area (Å²) in [6.45, 7) is 1.90. The highest BCUT2D eigenvalue weighted by Gasteiger charge is 2.05. The molecule has 0 aliphatic carbocycles. The van der Waals surface area contributed by atoms with E-state index in [9.17, 15) is 0 Å². The Kier molecular flexibility index (Phi) is 2.32. The van der Waals surface area contributed by atoms with E-state index in [2.05, 4.69) is 22.0 Å². The minimum atomic E-state index is 0.0775. The van der Waals surface area contributed by atoms with Gasteiger partial charge in [-0.25, -0.2) is 4.98 Å². The molecule has 2 nitrogen and oxygen atoms in total. The summed E-state index contributed by atoms with van der Waals surface area (Å²) in [4.78, 5) is 3.91. The Balaban J connectivity index is 2.85. The molecule has 1 unspecified atom stereocenters. The number of hydrogen-bond donors (Lipinski definition) is 1. The first-order chi connectivity index (χ1) is 4.20. The van der Waals surface area contributed by atoms with E-state index in [1.807, 2.05) is 6.92 Å². The van der Waals surface area contributed by atoms with E-state index in [4.69, 9.17) is 11.6 Å². The van der Waals surface area contributed by atoms with Crippen molar-refractivity contribution in [2.45, 2.75) is 12.2 Å². The minimum absolute atomic E-state index is 0.0775. The Bertz CT molecular complexity index is 198. The molecule has 0 fully saturated rings. The van der Waals surface area contributed by atoms with Crippen LogP contribution in [-0.2, 0) is 0 Å². The van der Waals surface area contributed by atoms with E-state index < -0.39 is 0 Å². The lowest BCUT2D eigenvalue weighted by Gasteiger charge is -1.91. The zero-order valence-corrected chi connectivity index (χ0v) is 7.17. The molecular weight excluding hydrogens is 176 g/mol. The van der Waals surface area contributed by atoms with Gasteiger partial charge in [0, 0.05) is 0 Å². The van der Waals surface area contributed by atoms with Crippen LogP contribution in [0.2, 0.25) is 4.47 Å². The maximum atomic E-state index is 5.52. The number of rotatable bonds is 1. The predicted molar refractivity (Wildman–Crippen MR) is 42.3 cm³/mol. The summed E-state index contributed by atoms with van der Waals surface area (Å²) >= 11 is 10.8. The van der Waals surface area contributed by atoms with Crippen LogP contribution in [-0.4, -0.2) is 9.36 Å². The van der Waals surface area contributed by atoms with E-state index in [1.165, 1.54) is 11.5 Å². The van der Waals surface area contributed by atoms with Crippen LogP contribution in [0.3, 0.4) is 0 Å². The highest BCUT2D eigenvalue weighted by molar-refractivity contribution is 7.80. The molecule has 0 aliphatic rings. The zero-order chi connectivity index (χ0) is 6.85. The first-order valence-electron chi connectivity index (χ1n) is 2.37. The van der Waals surface area contributed by atoms with Gasteiger partial charge in [0.05, 0.1) is 5.25 Å². The quantitative estimate of drug-likeness (QED) is 0.671. The molecule has 0 N–H and O–H groups in total. The minimum Gasteiger partial charge on any atom is -0.207 e. The molecule has 0 spiro atoms. The van der Waals surface area contributed by atoms with Crippen LogP contribution in [0.25, 0.3) is 0 Å². The summed E-state index contributed by atoms with van der Waals surface area (Å²) < 4.78 is 4.42. The number of aromatic nitrogens is 2. The van der Waals surface area contributed by atoms with Crippen LogP contribution in [0.15, 0.2) is 0 Å². The summed E-state index contributed by atoms with van der Waals surface area (Å²) in [6.07, 6.45) is 0. The van der Waals surface area contributed by atoms with Gasteiger partial charge >= 0.3 is 0 Å². The summed E-state index contributed by atoms with van der Waals surface area (Å²) in [5, 5.41) is 0.0775. The highest BCUT2D eigenvalue weighted by Crippen LogP contribution is 2.19. The van der Waals surface area contributed by atoms with Gasteiger partial charge in [-0.3, -0.25) is 0 Å². The molecule has 0 aromatic carbocycles. The van der Waals surface area contributed by atoms with Crippen LogP contribution < -0.4 is 0 Å². The number of thiol groups is 1. The molecule has 50 valence electrons. The fraction of sp³-hybridized carbons (Fsp3) is 0.500. The largest absolute Gasteiger partial charge is 0.207 e. The number of halogens is 1. The number of nitrogens with zero attached hydrogens (tertiary/aromatic N) is 2. The Morgan fingerprint density at radius 3 is 2.67 bits per heavy atom. The van der Waals surface area contributed by atoms with Gasteiger partial charge in [-0.2, -0.15) is 17.0 Å². The van der Waals surface area contributed by atoms with E-state index in [0.29, 0.717) is 10.3 Å². The maximum Gasteiger partial charge on any atom is 0.203 e. The lowest BCUT2D eigenvalue weighted by molar-refractivity contribution is 0.980. The van der Waals surface area contributed by atoms with E-state index >= 15 is 0 Å². The molecule has 9 heavy (non-hydrogen) atoms. The lowest BCUT2D eigenvalue weighted by atomic mass is 10.5. The summed E-state index contributed by atoms with van der Waals surface area (Å²) in [6, 6.07) is 0. The first-order valence-corrected chi connectivity index (χ1v) is 4.04. The standard InChI is InChI=1S/C4H5ClN2S2/c1-2(8)3-6-4(5)9-7-3/h2,8H,1H3. The topological polar surface area (TPSA) is 25.8 Å². The second-order valence-electron chi connectivity index (χ2n) is 1.58. The second kappa shape index (κ2) is 2.86. The second-order valence-corrected chi connectivity index (χ2v) is 3.69. The van der Waals surface area contributed by atoms with Crippen LogP contribution in [0.5, 0.6) is 0 Å². The third-order valence-electron chi connectivity index (χ3n) is 0.791. The smallest absolute Gasteiger partial charge is 0.203 e. The Labute approximate surface area is 67.8 Å². The molecular formula is C4H5ClN2S2. The van der Waals surface area contributed by atoms with Crippen molar-refractivity contribution in [3.8, 4) is 0 Å². The lowest BCUT2D eigenvalue weighted by Crippen LogP contribution is -1.85. The van der Waals surface area contributed by atoms with Crippen molar-refractivity contribution in [3.63, 3.8) is 0 Å². The Morgan fingerprint density at radius 1 is 1.78 bits per heavy atom. The normalized spacial score (nSPS) is 13.7. The van der Waals surface area contributed by atoms with Gasteiger partial charge in [0.25, 0.3) is 0 Å². The average molecular weight is 181 g/mol. The third kappa shape index (κ3) is 1.81. The maximum absolute atomic E-state index is 5.52. The molecule has 1 atom stereocenters. The average Bonchev–Trinajstić information content (AvgIpc) is 2.14. The monoisotopic (exact) mass is 180 g/mol. The molecule has 0 amide bonds. The van der Waals surface area contributed by atoms with Crippen molar-refractivity contribution < 1.29 is 0 Å². The fourth-order valence-corrected chi connectivity index (χ4v) is 1.27. The highest BCUT2D eigenvalue weighted by atomic mass is 35.5. The van der Waals surface area contributed by atoms with Crippen molar-refractivity contribution in [1.82, 2.24) is 9.36 Å². The van der Waals surface area contributed by atoms with Crippen molar-refractivity contribution in [2.75, 3.05) is 0 Å². The van der Waals surface area contributed by atoms with E-state index in [0.717, 1.165) is 0 Å². The molecule has 0 saturated carbocycles. The van der Waals surface area contributed by atoms with Gasteiger partial charge in [-0.1, -0.05) is 0 Å². The molecule has 0 radical (unpaired) electrons. The fourth-order valence-electron chi connectivity index (χ4n) is 0.385. The van der Waals surface area contributed by atoms with E-state index in [1.54, 1.807) is 0 Å². The van der Waals surface area contributed by atoms with Crippen molar-refractivity contribution in [2.24, 2.45) is 0 Å². The summed E-state index contributed by atoms with van der Waals surface area (Å²) in [5.41, 5.74) is 0. The molecule has 1 rings (SSSR count). The van der Waals surface area contributed by atoms with Crippen molar-refractivity contribution in [1.29, 1.82) is 0 Å². The van der Waals surface area contributed by atoms with Gasteiger partial charge in [0.1, 0.15) is 0 Å². The van der Waals surface area contributed by atoms with Crippen LogP contribution in [0, 0.1) is 0 Å². The Morgan fingerprint density at radius 2 is 2.44 bits per heavy atom. The van der Waals surface area contributed by atoms with Crippen molar-refractivity contribution in [3.05, 3.63) is 10.3 Å². The van der Waals surface area contributed by atoms with Gasteiger partial charge < -0.3 is 0 Å². The van der Waals surface area contributed by atoms with Gasteiger partial charge in [0.15, 0.2) is 5.82 Å². The molecule has 5 heteroatoms. The Hall–Kier alpha value is 0.200. The van der Waals surface area contributed by atoms with E-state index in [-0.39, 0.29) is 5.25 Å². The van der Waals surface area contributed by atoms with Crippen LogP contribution in [0.4, 0.5) is 0 Å². The van der Waals surface area contributed by atoms with Gasteiger partial charge in [-0.05, 0) is 30.1 Å². The summed E-state index contributed by atoms with van der Waals surface area (Å²) in [5.74, 6) is 0.702. The molecule has 0 saturated heterocycles. The zero-order valence-electron chi connectivity index (χ0n) is 4.71. The molecule has 1 aromatic rings.